The summed E-state index contributed by atoms with van der Waals surface area (Å²) in [5.41, 5.74) is 3.91. The molecule has 2 aliphatic rings. The van der Waals surface area contributed by atoms with E-state index in [1.807, 2.05) is 6.07 Å². The van der Waals surface area contributed by atoms with Crippen LogP contribution in [0.5, 0.6) is 0 Å². The summed E-state index contributed by atoms with van der Waals surface area (Å²) >= 11 is 11.4. The number of hydrogen-bond acceptors (Lipinski definition) is 4. The van der Waals surface area contributed by atoms with Crippen LogP contribution >= 0.6 is 23.8 Å². The van der Waals surface area contributed by atoms with Gasteiger partial charge in [0.25, 0.3) is 11.8 Å². The van der Waals surface area contributed by atoms with Crippen molar-refractivity contribution < 1.29 is 9.59 Å². The van der Waals surface area contributed by atoms with Crippen molar-refractivity contribution in [2.45, 2.75) is 52.0 Å². The highest BCUT2D eigenvalue weighted by molar-refractivity contribution is 7.80. The van der Waals surface area contributed by atoms with Crippen LogP contribution in [0.25, 0.3) is 6.08 Å². The number of hydrogen-bond donors (Lipinski definition) is 1. The van der Waals surface area contributed by atoms with Gasteiger partial charge in [-0.1, -0.05) is 37.6 Å². The van der Waals surface area contributed by atoms with Crippen molar-refractivity contribution in [2.24, 2.45) is 0 Å². The lowest BCUT2D eigenvalue weighted by Crippen LogP contribution is -2.54. The number of rotatable bonds is 4. The monoisotopic (exact) mass is 481 g/mol. The van der Waals surface area contributed by atoms with Crippen molar-refractivity contribution in [3.63, 3.8) is 0 Å². The molecule has 1 N–H and O–H groups in total. The van der Waals surface area contributed by atoms with Crippen molar-refractivity contribution in [1.29, 1.82) is 0 Å². The maximum absolute atomic E-state index is 13.3. The molecule has 2 aliphatic heterocycles. The Bertz CT molecular complexity index is 1170. The van der Waals surface area contributed by atoms with E-state index < -0.39 is 11.8 Å². The zero-order chi connectivity index (χ0) is 23.9. The Balaban J connectivity index is 1.72. The molecule has 2 amide bonds. The third-order valence-electron chi connectivity index (χ3n) is 6.34. The predicted octanol–water partition coefficient (Wildman–Crippen LogP) is 5.67. The summed E-state index contributed by atoms with van der Waals surface area (Å²) in [6.07, 6.45) is 3.75. The maximum atomic E-state index is 13.3. The van der Waals surface area contributed by atoms with E-state index in [1.165, 1.54) is 16.2 Å². The summed E-state index contributed by atoms with van der Waals surface area (Å²) in [5, 5.41) is 3.15. The van der Waals surface area contributed by atoms with Crippen molar-refractivity contribution in [2.75, 3.05) is 16.3 Å². The minimum absolute atomic E-state index is 0.0396. The third-order valence-corrected chi connectivity index (χ3v) is 6.86. The molecule has 0 spiro atoms. The Morgan fingerprint density at radius 3 is 2.67 bits per heavy atom. The molecule has 4 rings (SSSR count). The number of fused-ring (bicyclic) bond motifs is 1. The van der Waals surface area contributed by atoms with Gasteiger partial charge in [-0.25, -0.2) is 0 Å². The quantitative estimate of drug-likeness (QED) is 0.347. The maximum Gasteiger partial charge on any atom is 0.270 e. The van der Waals surface area contributed by atoms with E-state index >= 15 is 0 Å². The molecule has 1 saturated heterocycles. The molecule has 2 aromatic carbocycles. The number of carbonyl (C=O) groups is 2. The lowest BCUT2D eigenvalue weighted by molar-refractivity contribution is -0.122. The molecule has 2 heterocycles. The molecule has 5 nitrogen and oxygen atoms in total. The minimum Gasteiger partial charge on any atom is -0.366 e. The van der Waals surface area contributed by atoms with Crippen LogP contribution in [-0.2, 0) is 9.59 Å². The van der Waals surface area contributed by atoms with Crippen molar-refractivity contribution >= 4 is 58.2 Å². The lowest BCUT2D eigenvalue weighted by atomic mass is 9.79. The molecular weight excluding hydrogens is 454 g/mol. The van der Waals surface area contributed by atoms with Crippen LogP contribution in [-0.4, -0.2) is 29.0 Å². The summed E-state index contributed by atoms with van der Waals surface area (Å²) < 4.78 is 0. The van der Waals surface area contributed by atoms with Crippen LogP contribution < -0.4 is 15.1 Å². The summed E-state index contributed by atoms with van der Waals surface area (Å²) in [6, 6.07) is 13.0. The summed E-state index contributed by atoms with van der Waals surface area (Å²) in [7, 11) is 0. The topological polar surface area (TPSA) is 52.7 Å². The third kappa shape index (κ3) is 4.42. The van der Waals surface area contributed by atoms with E-state index in [-0.39, 0.29) is 16.2 Å². The Morgan fingerprint density at radius 2 is 1.97 bits per heavy atom. The molecule has 1 atom stereocenters. The second-order valence-electron chi connectivity index (χ2n) is 9.33. The zero-order valence-electron chi connectivity index (χ0n) is 19.3. The first-order valence-corrected chi connectivity index (χ1v) is 12.0. The van der Waals surface area contributed by atoms with Gasteiger partial charge in [-0.05, 0) is 92.4 Å². The highest BCUT2D eigenvalue weighted by Gasteiger charge is 2.37. The number of nitrogens with zero attached hydrogens (tertiary/aromatic N) is 2. The Morgan fingerprint density at radius 1 is 1.21 bits per heavy atom. The van der Waals surface area contributed by atoms with Crippen molar-refractivity contribution in [1.82, 2.24) is 5.32 Å². The Labute approximate surface area is 205 Å². The summed E-state index contributed by atoms with van der Waals surface area (Å²) in [4.78, 5) is 29.8. The number of nitrogens with one attached hydrogen (secondary N) is 1. The van der Waals surface area contributed by atoms with E-state index in [1.54, 1.807) is 30.3 Å². The van der Waals surface area contributed by atoms with Gasteiger partial charge in [-0.15, -0.1) is 0 Å². The number of amides is 2. The minimum atomic E-state index is -0.497. The molecule has 1 unspecified atom stereocenters. The second kappa shape index (κ2) is 8.92. The molecule has 7 heteroatoms. The molecule has 0 aromatic heterocycles. The molecule has 1 fully saturated rings. The molecule has 0 bridgehead atoms. The van der Waals surface area contributed by atoms with Crippen LogP contribution in [0.15, 0.2) is 48.0 Å². The summed E-state index contributed by atoms with van der Waals surface area (Å²) in [6.45, 7) is 9.99. The van der Waals surface area contributed by atoms with Crippen molar-refractivity contribution in [3.8, 4) is 0 Å². The van der Waals surface area contributed by atoms with Crippen LogP contribution in [0.2, 0.25) is 5.02 Å². The van der Waals surface area contributed by atoms with E-state index in [2.05, 4.69) is 50.0 Å². The highest BCUT2D eigenvalue weighted by atomic mass is 35.5. The predicted molar refractivity (Wildman–Crippen MR) is 139 cm³/mol. The molecule has 0 saturated carbocycles. The number of carbonyl (C=O) groups excluding carboxylic acids is 2. The largest absolute Gasteiger partial charge is 0.366 e. The number of benzene rings is 2. The SMILES string of the molecule is CCCN1c2ccc(/C=C3/C(=O)NC(=S)N(c4cccc(Cl)c4)C3=O)cc2C(C)CC1(C)C. The Hall–Kier alpha value is -2.70. The van der Waals surface area contributed by atoms with Gasteiger partial charge in [0.05, 0.1) is 5.69 Å². The summed E-state index contributed by atoms with van der Waals surface area (Å²) in [5.74, 6) is -0.596. The number of halogens is 1. The van der Waals surface area contributed by atoms with Gasteiger partial charge in [0.2, 0.25) is 0 Å². The van der Waals surface area contributed by atoms with Gasteiger partial charge in [0.15, 0.2) is 5.11 Å². The fourth-order valence-electron chi connectivity index (χ4n) is 4.92. The van der Waals surface area contributed by atoms with Gasteiger partial charge in [0.1, 0.15) is 5.57 Å². The fourth-order valence-corrected chi connectivity index (χ4v) is 5.38. The molecule has 2 aromatic rings. The number of anilines is 2. The molecule has 33 heavy (non-hydrogen) atoms. The van der Waals surface area contributed by atoms with Gasteiger partial charge >= 0.3 is 0 Å². The number of thiocarbonyl (C=S) groups is 1. The molecule has 0 aliphatic carbocycles. The first-order chi connectivity index (χ1) is 15.6. The van der Waals surface area contributed by atoms with Crippen LogP contribution in [0.1, 0.15) is 57.6 Å². The first kappa shape index (κ1) is 23.5. The molecule has 0 radical (unpaired) electrons. The van der Waals surface area contributed by atoms with E-state index in [4.69, 9.17) is 23.8 Å². The average Bonchev–Trinajstić information content (AvgIpc) is 2.74. The van der Waals surface area contributed by atoms with Crippen LogP contribution in [0.3, 0.4) is 0 Å². The highest BCUT2D eigenvalue weighted by Crippen LogP contribution is 2.43. The molecular formula is C26H28ClN3O2S. The molecule has 172 valence electrons. The standard InChI is InChI=1S/C26H28ClN3O2S/c1-5-11-29-22-10-9-17(12-20(22)16(2)15-26(29,3)4)13-21-23(31)28-25(33)30(24(21)32)19-8-6-7-18(27)14-19/h6-10,12-14,16H,5,11,15H2,1-4H3,(H,28,31,33)/b21-13-. The van der Waals surface area contributed by atoms with E-state index in [0.717, 1.165) is 24.9 Å². The van der Waals surface area contributed by atoms with Gasteiger partial charge < -0.3 is 4.90 Å². The average molecular weight is 482 g/mol. The van der Waals surface area contributed by atoms with E-state index in [9.17, 15) is 9.59 Å². The van der Waals surface area contributed by atoms with Gasteiger partial charge in [-0.2, -0.15) is 0 Å². The van der Waals surface area contributed by atoms with Gasteiger partial charge in [0, 0.05) is 22.8 Å². The van der Waals surface area contributed by atoms with Crippen LogP contribution in [0.4, 0.5) is 11.4 Å². The smallest absolute Gasteiger partial charge is 0.270 e. The first-order valence-electron chi connectivity index (χ1n) is 11.2. The Kier molecular flexibility index (Phi) is 6.34. The van der Waals surface area contributed by atoms with Crippen molar-refractivity contribution in [3.05, 3.63) is 64.2 Å². The van der Waals surface area contributed by atoms with Crippen LogP contribution in [0, 0.1) is 0 Å². The lowest BCUT2D eigenvalue weighted by Gasteiger charge is -2.47. The second-order valence-corrected chi connectivity index (χ2v) is 10.1. The van der Waals surface area contributed by atoms with E-state index in [0.29, 0.717) is 16.6 Å². The zero-order valence-corrected chi connectivity index (χ0v) is 20.9. The van der Waals surface area contributed by atoms with Gasteiger partial charge in [-0.3, -0.25) is 19.8 Å². The fraction of sp³-hybridized carbons (Fsp3) is 0.346. The normalized spacial score (nSPS) is 21.3.